The van der Waals surface area contributed by atoms with E-state index < -0.39 is 23.2 Å². The normalized spacial score (nSPS) is 17.3. The Morgan fingerprint density at radius 3 is 2.50 bits per heavy atom. The van der Waals surface area contributed by atoms with E-state index in [1.807, 2.05) is 0 Å². The van der Waals surface area contributed by atoms with Crippen molar-refractivity contribution in [1.82, 2.24) is 10.3 Å². The van der Waals surface area contributed by atoms with E-state index in [-0.39, 0.29) is 5.69 Å². The van der Waals surface area contributed by atoms with Gasteiger partial charge in [0.2, 0.25) is 0 Å². The highest BCUT2D eigenvalue weighted by molar-refractivity contribution is 6.19. The Morgan fingerprint density at radius 1 is 1.44 bits per heavy atom. The van der Waals surface area contributed by atoms with E-state index in [1.54, 1.807) is 0 Å². The molecule has 7 heteroatoms. The van der Waals surface area contributed by atoms with Crippen LogP contribution in [0.25, 0.3) is 0 Å². The van der Waals surface area contributed by atoms with E-state index in [9.17, 15) is 18.0 Å². The summed E-state index contributed by atoms with van der Waals surface area (Å²) in [5.41, 5.74) is -1.32. The Morgan fingerprint density at radius 2 is 2.11 bits per heavy atom. The summed E-state index contributed by atoms with van der Waals surface area (Å²) in [6, 6.07) is 1.89. The van der Waals surface area contributed by atoms with Gasteiger partial charge in [0.15, 0.2) is 0 Å². The molecule has 1 N–H and O–H groups in total. The molecule has 0 atom stereocenters. The third kappa shape index (κ3) is 2.75. The summed E-state index contributed by atoms with van der Waals surface area (Å²) in [5.74, 6) is -0.207. The average molecular weight is 279 g/mol. The molecule has 0 spiro atoms. The fourth-order valence-corrected chi connectivity index (χ4v) is 1.78. The molecular weight excluding hydrogens is 269 g/mol. The van der Waals surface area contributed by atoms with Gasteiger partial charge in [0.1, 0.15) is 5.69 Å². The highest BCUT2D eigenvalue weighted by Gasteiger charge is 2.43. The zero-order valence-electron chi connectivity index (χ0n) is 9.22. The molecule has 1 aliphatic rings. The molecule has 1 aromatic rings. The fraction of sp³-hybridized carbons (Fsp3) is 0.455. The van der Waals surface area contributed by atoms with Crippen molar-refractivity contribution in [2.75, 3.05) is 5.88 Å². The van der Waals surface area contributed by atoms with E-state index in [1.165, 1.54) is 0 Å². The topological polar surface area (TPSA) is 42.0 Å². The van der Waals surface area contributed by atoms with Crippen LogP contribution in [-0.2, 0) is 6.18 Å². The van der Waals surface area contributed by atoms with E-state index in [0.29, 0.717) is 12.1 Å². The van der Waals surface area contributed by atoms with Crippen LogP contribution in [0.3, 0.4) is 0 Å². The lowest BCUT2D eigenvalue weighted by molar-refractivity contribution is -0.137. The number of nitrogens with one attached hydrogen (secondary N) is 1. The van der Waals surface area contributed by atoms with E-state index in [0.717, 1.165) is 25.0 Å². The van der Waals surface area contributed by atoms with Crippen LogP contribution in [0.15, 0.2) is 18.3 Å². The molecule has 0 unspecified atom stereocenters. The maximum Gasteiger partial charge on any atom is 0.417 e. The number of halogens is 4. The summed E-state index contributed by atoms with van der Waals surface area (Å²) in [7, 11) is 0. The minimum absolute atomic E-state index is 0.0422. The second-order valence-corrected chi connectivity index (χ2v) is 4.57. The lowest BCUT2D eigenvalue weighted by atomic mass is 10.2. The van der Waals surface area contributed by atoms with Gasteiger partial charge in [0.25, 0.3) is 5.91 Å². The summed E-state index contributed by atoms with van der Waals surface area (Å²) in [4.78, 5) is 15.2. The number of hydrogen-bond donors (Lipinski definition) is 1. The van der Waals surface area contributed by atoms with Gasteiger partial charge in [-0.15, -0.1) is 11.6 Å². The zero-order chi connectivity index (χ0) is 13.4. The third-order valence-electron chi connectivity index (χ3n) is 2.81. The molecule has 0 aliphatic heterocycles. The Bertz CT molecular complexity index is 454. The van der Waals surface area contributed by atoms with Gasteiger partial charge < -0.3 is 5.32 Å². The first kappa shape index (κ1) is 13.1. The van der Waals surface area contributed by atoms with Crippen LogP contribution in [0, 0.1) is 0 Å². The Balaban J connectivity index is 2.08. The van der Waals surface area contributed by atoms with E-state index in [2.05, 4.69) is 10.3 Å². The monoisotopic (exact) mass is 278 g/mol. The lowest BCUT2D eigenvalue weighted by Crippen LogP contribution is -2.38. The van der Waals surface area contributed by atoms with Crippen molar-refractivity contribution < 1.29 is 18.0 Å². The first-order valence-corrected chi connectivity index (χ1v) is 5.81. The van der Waals surface area contributed by atoms with Crippen molar-refractivity contribution in [3.8, 4) is 0 Å². The van der Waals surface area contributed by atoms with Gasteiger partial charge in [-0.2, -0.15) is 13.2 Å². The number of aromatic nitrogens is 1. The van der Waals surface area contributed by atoms with Crippen LogP contribution < -0.4 is 5.32 Å². The second kappa shape index (κ2) is 4.42. The smallest absolute Gasteiger partial charge is 0.344 e. The molecule has 1 saturated carbocycles. The Kier molecular flexibility index (Phi) is 3.23. The number of amides is 1. The largest absolute Gasteiger partial charge is 0.417 e. The van der Waals surface area contributed by atoms with Crippen molar-refractivity contribution >= 4 is 17.5 Å². The van der Waals surface area contributed by atoms with Gasteiger partial charge in [-0.05, 0) is 25.0 Å². The second-order valence-electron chi connectivity index (χ2n) is 4.30. The minimum Gasteiger partial charge on any atom is -0.344 e. The van der Waals surface area contributed by atoms with Crippen molar-refractivity contribution in [3.63, 3.8) is 0 Å². The number of carbonyl (C=O) groups is 1. The molecular formula is C11H10ClF3N2O. The average Bonchev–Trinajstić information content (AvgIpc) is 3.08. The highest BCUT2D eigenvalue weighted by atomic mass is 35.5. The number of nitrogens with zero attached hydrogens (tertiary/aromatic N) is 1. The molecule has 0 bridgehead atoms. The van der Waals surface area contributed by atoms with Gasteiger partial charge in [-0.3, -0.25) is 9.78 Å². The van der Waals surface area contributed by atoms with Crippen LogP contribution in [-0.4, -0.2) is 22.3 Å². The van der Waals surface area contributed by atoms with Crippen LogP contribution in [0.2, 0.25) is 0 Å². The van der Waals surface area contributed by atoms with E-state index in [4.69, 9.17) is 11.6 Å². The summed E-state index contributed by atoms with van der Waals surface area (Å²) >= 11 is 5.69. The molecule has 1 fully saturated rings. The predicted molar refractivity (Wildman–Crippen MR) is 59.4 cm³/mol. The summed E-state index contributed by atoms with van der Waals surface area (Å²) in [6.45, 7) is 0. The van der Waals surface area contributed by atoms with Crippen molar-refractivity contribution in [2.24, 2.45) is 0 Å². The van der Waals surface area contributed by atoms with Gasteiger partial charge in [-0.1, -0.05) is 0 Å². The molecule has 0 aromatic carbocycles. The van der Waals surface area contributed by atoms with Crippen molar-refractivity contribution in [2.45, 2.75) is 24.6 Å². The zero-order valence-corrected chi connectivity index (χ0v) is 9.98. The SMILES string of the molecule is O=C(NC1(CCl)CC1)c1ccc(C(F)(F)F)cn1. The first-order valence-electron chi connectivity index (χ1n) is 5.28. The molecule has 98 valence electrons. The number of pyridine rings is 1. The fourth-order valence-electron chi connectivity index (χ4n) is 1.44. The first-order chi connectivity index (χ1) is 8.36. The number of carbonyl (C=O) groups excluding carboxylic acids is 1. The van der Waals surface area contributed by atoms with Gasteiger partial charge >= 0.3 is 6.18 Å². The van der Waals surface area contributed by atoms with Crippen LogP contribution in [0.5, 0.6) is 0 Å². The van der Waals surface area contributed by atoms with E-state index >= 15 is 0 Å². The maximum atomic E-state index is 12.3. The maximum absolute atomic E-state index is 12.3. The molecule has 3 nitrogen and oxygen atoms in total. The molecule has 1 heterocycles. The Hall–Kier alpha value is -1.30. The van der Waals surface area contributed by atoms with Gasteiger partial charge in [-0.25, -0.2) is 0 Å². The van der Waals surface area contributed by atoms with Crippen LogP contribution >= 0.6 is 11.6 Å². The van der Waals surface area contributed by atoms with Crippen molar-refractivity contribution in [3.05, 3.63) is 29.6 Å². The minimum atomic E-state index is -4.45. The molecule has 1 aliphatic carbocycles. The summed E-state index contributed by atoms with van der Waals surface area (Å²) in [5, 5.41) is 2.68. The van der Waals surface area contributed by atoms with Crippen LogP contribution in [0.4, 0.5) is 13.2 Å². The highest BCUT2D eigenvalue weighted by Crippen LogP contribution is 2.36. The lowest BCUT2D eigenvalue weighted by Gasteiger charge is -2.13. The molecule has 1 aromatic heterocycles. The summed E-state index contributed by atoms with van der Waals surface area (Å²) < 4.78 is 36.9. The molecule has 2 rings (SSSR count). The summed E-state index contributed by atoms with van der Waals surface area (Å²) in [6.07, 6.45) is -2.24. The van der Waals surface area contributed by atoms with Crippen LogP contribution in [0.1, 0.15) is 28.9 Å². The molecule has 0 saturated heterocycles. The van der Waals surface area contributed by atoms with Gasteiger partial charge in [0.05, 0.1) is 11.1 Å². The molecule has 0 radical (unpaired) electrons. The Labute approximate surface area is 106 Å². The number of alkyl halides is 4. The third-order valence-corrected chi connectivity index (χ3v) is 3.32. The standard InChI is InChI=1S/C11H10ClF3N2O/c12-6-10(3-4-10)17-9(18)8-2-1-7(5-16-8)11(13,14)15/h1-2,5H,3-4,6H2,(H,17,18). The molecule has 18 heavy (non-hydrogen) atoms. The van der Waals surface area contributed by atoms with Gasteiger partial charge in [0, 0.05) is 12.1 Å². The van der Waals surface area contributed by atoms with Crippen molar-refractivity contribution in [1.29, 1.82) is 0 Å². The predicted octanol–water partition coefficient (Wildman–Crippen LogP) is 2.60. The number of rotatable bonds is 3. The number of hydrogen-bond acceptors (Lipinski definition) is 2. The quantitative estimate of drug-likeness (QED) is 0.864. The molecule has 1 amide bonds.